The molecule has 0 bridgehead atoms. The molecule has 120 valence electrons. The van der Waals surface area contributed by atoms with Crippen molar-refractivity contribution in [2.45, 2.75) is 13.1 Å². The van der Waals surface area contributed by atoms with Crippen LogP contribution >= 0.6 is 17.0 Å². The first-order valence-electron chi connectivity index (χ1n) is 6.68. The fourth-order valence-corrected chi connectivity index (χ4v) is 2.08. The second-order valence-electron chi connectivity index (χ2n) is 4.46. The molecule has 0 saturated heterocycles. The Hall–Kier alpha value is -1.79. The SMILES string of the molecule is Br.COc1cc(CNCc2ccccn2)cc(OC)c1OC. The maximum atomic E-state index is 5.34. The maximum absolute atomic E-state index is 5.34. The minimum atomic E-state index is 0. The van der Waals surface area contributed by atoms with E-state index in [-0.39, 0.29) is 17.0 Å². The average molecular weight is 369 g/mol. The molecule has 0 spiro atoms. The smallest absolute Gasteiger partial charge is 0.203 e. The lowest BCUT2D eigenvalue weighted by Gasteiger charge is -2.14. The van der Waals surface area contributed by atoms with E-state index in [1.165, 1.54) is 0 Å². The van der Waals surface area contributed by atoms with Crippen molar-refractivity contribution in [2.24, 2.45) is 0 Å². The molecule has 2 rings (SSSR count). The molecule has 0 unspecified atom stereocenters. The van der Waals surface area contributed by atoms with Crippen LogP contribution < -0.4 is 19.5 Å². The van der Waals surface area contributed by atoms with Crippen LogP contribution in [0, 0.1) is 0 Å². The molecule has 1 heterocycles. The Labute approximate surface area is 141 Å². The summed E-state index contributed by atoms with van der Waals surface area (Å²) in [6.07, 6.45) is 1.79. The number of hydrogen-bond acceptors (Lipinski definition) is 5. The van der Waals surface area contributed by atoms with Gasteiger partial charge in [0.25, 0.3) is 0 Å². The quantitative estimate of drug-likeness (QED) is 0.813. The number of hydrogen-bond donors (Lipinski definition) is 1. The van der Waals surface area contributed by atoms with Crippen LogP contribution in [0.15, 0.2) is 36.5 Å². The third-order valence-electron chi connectivity index (χ3n) is 3.09. The molecule has 1 aromatic carbocycles. The molecule has 0 aliphatic carbocycles. The number of pyridine rings is 1. The Bertz CT molecular complexity index is 554. The van der Waals surface area contributed by atoms with Gasteiger partial charge in [0.2, 0.25) is 5.75 Å². The number of aromatic nitrogens is 1. The molecular formula is C16H21BrN2O3. The summed E-state index contributed by atoms with van der Waals surface area (Å²) in [5.74, 6) is 1.92. The first-order chi connectivity index (χ1) is 10.3. The van der Waals surface area contributed by atoms with E-state index in [9.17, 15) is 0 Å². The van der Waals surface area contributed by atoms with Gasteiger partial charge < -0.3 is 19.5 Å². The number of nitrogens with one attached hydrogen (secondary N) is 1. The Morgan fingerprint density at radius 1 is 0.955 bits per heavy atom. The zero-order valence-electron chi connectivity index (χ0n) is 13.0. The van der Waals surface area contributed by atoms with Crippen molar-refractivity contribution in [1.82, 2.24) is 10.3 Å². The highest BCUT2D eigenvalue weighted by Gasteiger charge is 2.12. The monoisotopic (exact) mass is 368 g/mol. The summed E-state index contributed by atoms with van der Waals surface area (Å²) in [4.78, 5) is 4.27. The summed E-state index contributed by atoms with van der Waals surface area (Å²) >= 11 is 0. The highest BCUT2D eigenvalue weighted by Crippen LogP contribution is 2.38. The molecule has 0 atom stereocenters. The molecule has 0 amide bonds. The predicted molar refractivity (Wildman–Crippen MR) is 91.2 cm³/mol. The predicted octanol–water partition coefficient (Wildman–Crippen LogP) is 2.98. The van der Waals surface area contributed by atoms with E-state index in [2.05, 4.69) is 10.3 Å². The van der Waals surface area contributed by atoms with Gasteiger partial charge >= 0.3 is 0 Å². The standard InChI is InChI=1S/C16H20N2O3.BrH/c1-19-14-8-12(9-15(20-2)16(14)21-3)10-17-11-13-6-4-5-7-18-13;/h4-9,17H,10-11H2,1-3H3;1H. The Morgan fingerprint density at radius 3 is 2.14 bits per heavy atom. The van der Waals surface area contributed by atoms with Crippen molar-refractivity contribution in [2.75, 3.05) is 21.3 Å². The van der Waals surface area contributed by atoms with Crippen LogP contribution in [0.5, 0.6) is 17.2 Å². The molecule has 0 aliphatic rings. The van der Waals surface area contributed by atoms with E-state index in [0.717, 1.165) is 11.3 Å². The van der Waals surface area contributed by atoms with E-state index in [1.807, 2.05) is 30.3 Å². The van der Waals surface area contributed by atoms with Gasteiger partial charge in [-0.25, -0.2) is 0 Å². The molecule has 22 heavy (non-hydrogen) atoms. The number of rotatable bonds is 7. The van der Waals surface area contributed by atoms with Gasteiger partial charge in [-0.1, -0.05) is 6.07 Å². The fourth-order valence-electron chi connectivity index (χ4n) is 2.08. The highest BCUT2D eigenvalue weighted by atomic mass is 79.9. The third kappa shape index (κ3) is 4.61. The van der Waals surface area contributed by atoms with Crippen LogP contribution in [0.3, 0.4) is 0 Å². The molecule has 0 aliphatic heterocycles. The number of nitrogens with zero attached hydrogens (tertiary/aromatic N) is 1. The topological polar surface area (TPSA) is 52.6 Å². The normalized spacial score (nSPS) is 9.77. The number of ether oxygens (including phenoxy) is 3. The Kier molecular flexibility index (Phi) is 7.70. The van der Waals surface area contributed by atoms with Gasteiger partial charge in [0.05, 0.1) is 27.0 Å². The molecule has 0 fully saturated rings. The average Bonchev–Trinajstić information content (AvgIpc) is 2.54. The second kappa shape index (κ2) is 9.27. The van der Waals surface area contributed by atoms with Crippen molar-refractivity contribution in [3.8, 4) is 17.2 Å². The van der Waals surface area contributed by atoms with E-state index in [0.29, 0.717) is 30.3 Å². The summed E-state index contributed by atoms with van der Waals surface area (Å²) < 4.78 is 16.0. The lowest BCUT2D eigenvalue weighted by molar-refractivity contribution is 0.323. The third-order valence-corrected chi connectivity index (χ3v) is 3.09. The van der Waals surface area contributed by atoms with Gasteiger partial charge in [-0.05, 0) is 29.8 Å². The molecule has 0 radical (unpaired) electrons. The van der Waals surface area contributed by atoms with Crippen molar-refractivity contribution < 1.29 is 14.2 Å². The summed E-state index contributed by atoms with van der Waals surface area (Å²) in [6.45, 7) is 1.39. The van der Waals surface area contributed by atoms with E-state index >= 15 is 0 Å². The van der Waals surface area contributed by atoms with Crippen molar-refractivity contribution in [3.05, 3.63) is 47.8 Å². The maximum Gasteiger partial charge on any atom is 0.203 e. The summed E-state index contributed by atoms with van der Waals surface area (Å²) in [6, 6.07) is 9.74. The molecule has 6 heteroatoms. The lowest BCUT2D eigenvalue weighted by atomic mass is 10.1. The number of benzene rings is 1. The zero-order chi connectivity index (χ0) is 15.1. The molecule has 1 aromatic heterocycles. The number of halogens is 1. The van der Waals surface area contributed by atoms with Crippen LogP contribution in [0.2, 0.25) is 0 Å². The zero-order valence-corrected chi connectivity index (χ0v) is 14.7. The minimum Gasteiger partial charge on any atom is -0.493 e. The molecule has 1 N–H and O–H groups in total. The van der Waals surface area contributed by atoms with E-state index < -0.39 is 0 Å². The molecule has 0 saturated carbocycles. The fraction of sp³-hybridized carbons (Fsp3) is 0.312. The largest absolute Gasteiger partial charge is 0.493 e. The van der Waals surface area contributed by atoms with Crippen molar-refractivity contribution >= 4 is 17.0 Å². The van der Waals surface area contributed by atoms with Gasteiger partial charge in [0, 0.05) is 19.3 Å². The summed E-state index contributed by atoms with van der Waals surface area (Å²) in [7, 11) is 4.82. The van der Waals surface area contributed by atoms with Crippen molar-refractivity contribution in [3.63, 3.8) is 0 Å². The lowest BCUT2D eigenvalue weighted by Crippen LogP contribution is -2.13. The highest BCUT2D eigenvalue weighted by molar-refractivity contribution is 8.93. The Morgan fingerprint density at radius 2 is 1.64 bits per heavy atom. The van der Waals surface area contributed by atoms with Gasteiger partial charge in [-0.15, -0.1) is 17.0 Å². The molecule has 2 aromatic rings. The van der Waals surface area contributed by atoms with Gasteiger partial charge in [0.15, 0.2) is 11.5 Å². The summed E-state index contributed by atoms with van der Waals surface area (Å²) in [5, 5.41) is 3.34. The van der Waals surface area contributed by atoms with Gasteiger partial charge in [0.1, 0.15) is 0 Å². The van der Waals surface area contributed by atoms with Gasteiger partial charge in [-0.3, -0.25) is 4.98 Å². The van der Waals surface area contributed by atoms with Crippen LogP contribution in [0.4, 0.5) is 0 Å². The van der Waals surface area contributed by atoms with Crippen LogP contribution in [-0.4, -0.2) is 26.3 Å². The minimum absolute atomic E-state index is 0. The van der Waals surface area contributed by atoms with Gasteiger partial charge in [-0.2, -0.15) is 0 Å². The first kappa shape index (κ1) is 18.3. The van der Waals surface area contributed by atoms with E-state index in [1.54, 1.807) is 27.5 Å². The van der Waals surface area contributed by atoms with E-state index in [4.69, 9.17) is 14.2 Å². The Balaban J connectivity index is 0.00000242. The summed E-state index contributed by atoms with van der Waals surface area (Å²) in [5.41, 5.74) is 2.06. The first-order valence-corrected chi connectivity index (χ1v) is 6.68. The second-order valence-corrected chi connectivity index (χ2v) is 4.46. The molecular weight excluding hydrogens is 348 g/mol. The molecule has 5 nitrogen and oxygen atoms in total. The number of methoxy groups -OCH3 is 3. The van der Waals surface area contributed by atoms with Crippen LogP contribution in [-0.2, 0) is 13.1 Å². The van der Waals surface area contributed by atoms with Crippen molar-refractivity contribution in [1.29, 1.82) is 0 Å². The van der Waals surface area contributed by atoms with Crippen LogP contribution in [0.25, 0.3) is 0 Å². The van der Waals surface area contributed by atoms with Crippen LogP contribution in [0.1, 0.15) is 11.3 Å².